The molecule has 2 saturated heterocycles. The number of hydrogen-bond donors (Lipinski definition) is 1. The molecule has 1 atom stereocenters. The van der Waals surface area contributed by atoms with E-state index < -0.39 is 0 Å². The third-order valence-electron chi connectivity index (χ3n) is 5.09. The van der Waals surface area contributed by atoms with Crippen LogP contribution in [0.4, 0.5) is 5.82 Å². The largest absolute Gasteiger partial charge is 0.356 e. The van der Waals surface area contributed by atoms with Crippen LogP contribution in [0.2, 0.25) is 0 Å². The van der Waals surface area contributed by atoms with Crippen molar-refractivity contribution in [3.63, 3.8) is 0 Å². The first-order chi connectivity index (χ1) is 12.3. The predicted octanol–water partition coefficient (Wildman–Crippen LogP) is 3.52. The molecular formula is C20H26N4S. The number of aromatic nitrogens is 2. The second-order valence-corrected chi connectivity index (χ2v) is 8.20. The van der Waals surface area contributed by atoms with Crippen LogP contribution in [0.5, 0.6) is 0 Å². The van der Waals surface area contributed by atoms with Gasteiger partial charge in [-0.1, -0.05) is 30.3 Å². The highest BCUT2D eigenvalue weighted by molar-refractivity contribution is 7.99. The molecule has 5 heteroatoms. The molecule has 0 aliphatic carbocycles. The van der Waals surface area contributed by atoms with Gasteiger partial charge in [0.15, 0.2) is 5.82 Å². The van der Waals surface area contributed by atoms with Crippen LogP contribution >= 0.6 is 11.8 Å². The van der Waals surface area contributed by atoms with E-state index in [1.165, 1.54) is 30.8 Å². The Bertz CT molecular complexity index is 692. The van der Waals surface area contributed by atoms with Crippen LogP contribution in [-0.4, -0.2) is 46.6 Å². The molecule has 2 fully saturated rings. The molecule has 0 spiro atoms. The number of anilines is 1. The number of nitrogens with one attached hydrogen (secondary N) is 1. The van der Waals surface area contributed by atoms with Crippen molar-refractivity contribution < 1.29 is 0 Å². The fourth-order valence-corrected chi connectivity index (χ4v) is 4.87. The normalized spacial score (nSPS) is 21.6. The van der Waals surface area contributed by atoms with Crippen molar-refractivity contribution >= 4 is 17.6 Å². The third-order valence-corrected chi connectivity index (χ3v) is 6.26. The minimum atomic E-state index is 0.663. The molecular weight excluding hydrogens is 328 g/mol. The van der Waals surface area contributed by atoms with Crippen molar-refractivity contribution in [2.24, 2.45) is 0 Å². The number of thioether (sulfide) groups is 1. The standard InChI is InChI=1S/C20H26N4S/c1-15-13-19(23-20(21-15)16-5-3-2-4-6-16)24-10-7-17(8-11-24)22-18-9-12-25-14-18/h2-6,13,17-18,22H,7-12,14H2,1H3/t18-/m1/s1. The lowest BCUT2D eigenvalue weighted by Gasteiger charge is -2.34. The zero-order chi connectivity index (χ0) is 17.1. The lowest BCUT2D eigenvalue weighted by atomic mass is 10.0. The Hall–Kier alpha value is -1.59. The Kier molecular flexibility index (Phi) is 5.22. The van der Waals surface area contributed by atoms with Crippen molar-refractivity contribution in [3.8, 4) is 11.4 Å². The van der Waals surface area contributed by atoms with Gasteiger partial charge >= 0.3 is 0 Å². The molecule has 0 unspecified atom stereocenters. The van der Waals surface area contributed by atoms with E-state index in [-0.39, 0.29) is 0 Å². The lowest BCUT2D eigenvalue weighted by molar-refractivity contribution is 0.378. The Balaban J connectivity index is 1.43. The molecule has 1 aromatic carbocycles. The predicted molar refractivity (Wildman–Crippen MR) is 106 cm³/mol. The third kappa shape index (κ3) is 4.15. The van der Waals surface area contributed by atoms with E-state index in [0.717, 1.165) is 42.0 Å². The second-order valence-electron chi connectivity index (χ2n) is 7.05. The summed E-state index contributed by atoms with van der Waals surface area (Å²) >= 11 is 2.08. The highest BCUT2D eigenvalue weighted by Crippen LogP contribution is 2.24. The molecule has 2 aromatic rings. The average Bonchev–Trinajstić information content (AvgIpc) is 3.16. The SMILES string of the molecule is Cc1cc(N2CCC(N[C@@H]3CCSC3)CC2)nc(-c2ccccc2)n1. The smallest absolute Gasteiger partial charge is 0.161 e. The zero-order valence-electron chi connectivity index (χ0n) is 14.8. The van der Waals surface area contributed by atoms with E-state index in [0.29, 0.717) is 6.04 Å². The lowest BCUT2D eigenvalue weighted by Crippen LogP contribution is -2.46. The van der Waals surface area contributed by atoms with Gasteiger partial charge in [0.2, 0.25) is 0 Å². The fraction of sp³-hybridized carbons (Fsp3) is 0.500. The van der Waals surface area contributed by atoms with Gasteiger partial charge in [-0.3, -0.25) is 0 Å². The van der Waals surface area contributed by atoms with E-state index in [9.17, 15) is 0 Å². The average molecular weight is 355 g/mol. The van der Waals surface area contributed by atoms with E-state index >= 15 is 0 Å². The second kappa shape index (κ2) is 7.75. The maximum Gasteiger partial charge on any atom is 0.161 e. The number of benzene rings is 1. The molecule has 3 heterocycles. The number of nitrogens with zero attached hydrogens (tertiary/aromatic N) is 3. The van der Waals surface area contributed by atoms with Crippen molar-refractivity contribution in [2.75, 3.05) is 29.5 Å². The molecule has 1 aromatic heterocycles. The van der Waals surface area contributed by atoms with Crippen molar-refractivity contribution in [2.45, 2.75) is 38.3 Å². The van der Waals surface area contributed by atoms with Gasteiger partial charge in [0.1, 0.15) is 5.82 Å². The zero-order valence-corrected chi connectivity index (χ0v) is 15.6. The highest BCUT2D eigenvalue weighted by Gasteiger charge is 2.24. The Morgan fingerprint density at radius 1 is 1.04 bits per heavy atom. The Labute approximate surface area is 154 Å². The Morgan fingerprint density at radius 2 is 1.84 bits per heavy atom. The van der Waals surface area contributed by atoms with Gasteiger partial charge in [0.25, 0.3) is 0 Å². The summed E-state index contributed by atoms with van der Waals surface area (Å²) in [7, 11) is 0. The van der Waals surface area contributed by atoms with Crippen LogP contribution in [0.25, 0.3) is 11.4 Å². The molecule has 0 radical (unpaired) electrons. The van der Waals surface area contributed by atoms with Gasteiger partial charge in [0, 0.05) is 48.2 Å². The first-order valence-electron chi connectivity index (χ1n) is 9.28. The summed E-state index contributed by atoms with van der Waals surface area (Å²) in [5.74, 6) is 4.50. The molecule has 0 saturated carbocycles. The molecule has 25 heavy (non-hydrogen) atoms. The van der Waals surface area contributed by atoms with Crippen LogP contribution in [0, 0.1) is 6.92 Å². The van der Waals surface area contributed by atoms with Crippen molar-refractivity contribution in [3.05, 3.63) is 42.1 Å². The molecule has 1 N–H and O–H groups in total. The van der Waals surface area contributed by atoms with Crippen LogP contribution < -0.4 is 10.2 Å². The number of piperidine rings is 1. The monoisotopic (exact) mass is 354 g/mol. The number of hydrogen-bond acceptors (Lipinski definition) is 5. The van der Waals surface area contributed by atoms with Gasteiger partial charge < -0.3 is 10.2 Å². The van der Waals surface area contributed by atoms with Gasteiger partial charge in [-0.05, 0) is 31.9 Å². The quantitative estimate of drug-likeness (QED) is 0.910. The maximum absolute atomic E-state index is 4.85. The molecule has 4 nitrogen and oxygen atoms in total. The highest BCUT2D eigenvalue weighted by atomic mass is 32.2. The maximum atomic E-state index is 4.85. The van der Waals surface area contributed by atoms with Gasteiger partial charge in [-0.15, -0.1) is 0 Å². The van der Waals surface area contributed by atoms with E-state index in [2.05, 4.69) is 52.1 Å². The van der Waals surface area contributed by atoms with Crippen LogP contribution in [-0.2, 0) is 0 Å². The minimum Gasteiger partial charge on any atom is -0.356 e. The summed E-state index contributed by atoms with van der Waals surface area (Å²) in [4.78, 5) is 11.9. The first kappa shape index (κ1) is 16.9. The van der Waals surface area contributed by atoms with E-state index in [1.54, 1.807) is 0 Å². The van der Waals surface area contributed by atoms with E-state index in [4.69, 9.17) is 4.98 Å². The molecule has 2 aliphatic heterocycles. The van der Waals surface area contributed by atoms with Gasteiger partial charge in [0.05, 0.1) is 0 Å². The Morgan fingerprint density at radius 3 is 2.56 bits per heavy atom. The van der Waals surface area contributed by atoms with E-state index in [1.807, 2.05) is 18.2 Å². The summed E-state index contributed by atoms with van der Waals surface area (Å²) in [5.41, 5.74) is 2.12. The van der Waals surface area contributed by atoms with Crippen LogP contribution in [0.3, 0.4) is 0 Å². The number of aryl methyl sites for hydroxylation is 1. The molecule has 2 aliphatic rings. The topological polar surface area (TPSA) is 41.0 Å². The molecule has 4 rings (SSSR count). The van der Waals surface area contributed by atoms with Crippen molar-refractivity contribution in [1.29, 1.82) is 0 Å². The molecule has 132 valence electrons. The van der Waals surface area contributed by atoms with Crippen LogP contribution in [0.1, 0.15) is 25.0 Å². The summed E-state index contributed by atoms with van der Waals surface area (Å²) in [5, 5.41) is 3.86. The van der Waals surface area contributed by atoms with Gasteiger partial charge in [-0.2, -0.15) is 11.8 Å². The van der Waals surface area contributed by atoms with Crippen molar-refractivity contribution in [1.82, 2.24) is 15.3 Å². The van der Waals surface area contributed by atoms with Crippen LogP contribution in [0.15, 0.2) is 36.4 Å². The summed E-state index contributed by atoms with van der Waals surface area (Å²) in [6.07, 6.45) is 3.73. The number of rotatable bonds is 4. The summed E-state index contributed by atoms with van der Waals surface area (Å²) in [6.45, 7) is 4.20. The summed E-state index contributed by atoms with van der Waals surface area (Å²) in [6, 6.07) is 13.8. The molecule has 0 amide bonds. The fourth-order valence-electron chi connectivity index (χ4n) is 3.70. The first-order valence-corrected chi connectivity index (χ1v) is 10.4. The minimum absolute atomic E-state index is 0.663. The molecule has 0 bridgehead atoms. The van der Waals surface area contributed by atoms with Gasteiger partial charge in [-0.25, -0.2) is 9.97 Å². The summed E-state index contributed by atoms with van der Waals surface area (Å²) < 4.78 is 0.